The fourth-order valence-corrected chi connectivity index (χ4v) is 6.17. The molecule has 6 nitrogen and oxygen atoms in total. The number of amides is 1. The lowest BCUT2D eigenvalue weighted by atomic mass is 10.1. The molecule has 2 aliphatic heterocycles. The van der Waals surface area contributed by atoms with Crippen LogP contribution in [0.1, 0.15) is 11.1 Å². The molecule has 1 aromatic rings. The van der Waals surface area contributed by atoms with Crippen LogP contribution in [0.3, 0.4) is 0 Å². The molecule has 3 rings (SSSR count). The summed E-state index contributed by atoms with van der Waals surface area (Å²) in [4.78, 5) is 16.7. The first-order valence-corrected chi connectivity index (χ1v) is 11.2. The number of benzene rings is 1. The number of hydrogen-bond acceptors (Lipinski definition) is 5. The van der Waals surface area contributed by atoms with E-state index in [4.69, 9.17) is 11.6 Å². The number of sulfone groups is 1. The summed E-state index contributed by atoms with van der Waals surface area (Å²) in [5.41, 5.74) is 3.84. The number of hydrogen-bond donors (Lipinski definition) is 1. The van der Waals surface area contributed by atoms with Gasteiger partial charge in [-0.25, -0.2) is 8.42 Å². The molecule has 0 radical (unpaired) electrons. The largest absolute Gasteiger partial charge is 0.369 e. The molecule has 1 N–H and O–H groups in total. The molecule has 0 spiro atoms. The number of nitrogens with one attached hydrogen (secondary N) is 1. The van der Waals surface area contributed by atoms with Crippen molar-refractivity contribution in [1.29, 1.82) is 0 Å². The van der Waals surface area contributed by atoms with Crippen LogP contribution in [0.15, 0.2) is 18.2 Å². The molecule has 2 atom stereocenters. The van der Waals surface area contributed by atoms with Gasteiger partial charge in [0, 0.05) is 31.9 Å². The summed E-state index contributed by atoms with van der Waals surface area (Å²) in [6.07, 6.45) is 0. The van der Waals surface area contributed by atoms with Gasteiger partial charge in [0.05, 0.1) is 29.5 Å². The van der Waals surface area contributed by atoms with E-state index in [1.54, 1.807) is 0 Å². The molecule has 2 heterocycles. The first kappa shape index (κ1) is 19.5. The van der Waals surface area contributed by atoms with E-state index in [0.29, 0.717) is 0 Å². The highest BCUT2D eigenvalue weighted by Crippen LogP contribution is 2.24. The SMILES string of the molecule is Cc1cccc(N2CCN(CC(=O)N[C@@H]3CS(=O)(=O)C[C@H]3Cl)CC2)c1C. The van der Waals surface area contributed by atoms with Gasteiger partial charge in [-0.05, 0) is 31.0 Å². The Bertz CT molecular complexity index is 776. The molecule has 144 valence electrons. The zero-order valence-corrected chi connectivity index (χ0v) is 16.8. The summed E-state index contributed by atoms with van der Waals surface area (Å²) in [6, 6.07) is 5.86. The van der Waals surface area contributed by atoms with E-state index in [1.165, 1.54) is 16.8 Å². The van der Waals surface area contributed by atoms with Crippen molar-refractivity contribution in [2.75, 3.05) is 49.1 Å². The van der Waals surface area contributed by atoms with E-state index >= 15 is 0 Å². The van der Waals surface area contributed by atoms with Crippen LogP contribution in [-0.2, 0) is 14.6 Å². The fourth-order valence-electron chi connectivity index (χ4n) is 3.62. The molecule has 2 aliphatic rings. The third kappa shape index (κ3) is 4.50. The quantitative estimate of drug-likeness (QED) is 0.763. The number of carbonyl (C=O) groups is 1. The second kappa shape index (κ2) is 7.74. The van der Waals surface area contributed by atoms with Crippen LogP contribution in [0.5, 0.6) is 0 Å². The Balaban J connectivity index is 1.49. The third-order valence-electron chi connectivity index (χ3n) is 5.29. The predicted molar refractivity (Wildman–Crippen MR) is 105 cm³/mol. The van der Waals surface area contributed by atoms with Gasteiger partial charge in [0.15, 0.2) is 9.84 Å². The van der Waals surface area contributed by atoms with Gasteiger partial charge < -0.3 is 10.2 Å². The Morgan fingerprint density at radius 1 is 1.19 bits per heavy atom. The van der Waals surface area contributed by atoms with Gasteiger partial charge in [-0.15, -0.1) is 11.6 Å². The molecule has 0 bridgehead atoms. The highest BCUT2D eigenvalue weighted by Gasteiger charge is 2.37. The molecule has 2 saturated heterocycles. The maximum atomic E-state index is 12.3. The number of aryl methyl sites for hydroxylation is 1. The van der Waals surface area contributed by atoms with Gasteiger partial charge in [-0.3, -0.25) is 9.69 Å². The second-order valence-corrected chi connectivity index (χ2v) is 9.96. The third-order valence-corrected chi connectivity index (χ3v) is 7.66. The van der Waals surface area contributed by atoms with E-state index in [9.17, 15) is 13.2 Å². The lowest BCUT2D eigenvalue weighted by Crippen LogP contribution is -2.51. The molecule has 0 unspecified atom stereocenters. The van der Waals surface area contributed by atoms with Gasteiger partial charge in [0.25, 0.3) is 0 Å². The van der Waals surface area contributed by atoms with E-state index in [0.717, 1.165) is 26.2 Å². The molecule has 26 heavy (non-hydrogen) atoms. The molecule has 1 aromatic carbocycles. The Labute approximate surface area is 160 Å². The van der Waals surface area contributed by atoms with Crippen LogP contribution in [0, 0.1) is 13.8 Å². The summed E-state index contributed by atoms with van der Waals surface area (Å²) >= 11 is 6.05. The average Bonchev–Trinajstić information content (AvgIpc) is 2.82. The molecule has 0 aromatic heterocycles. The predicted octanol–water partition coefficient (Wildman–Crippen LogP) is 0.946. The summed E-state index contributed by atoms with van der Waals surface area (Å²) in [5.74, 6) is -0.278. The summed E-state index contributed by atoms with van der Waals surface area (Å²) in [5, 5.41) is 2.25. The maximum Gasteiger partial charge on any atom is 0.234 e. The summed E-state index contributed by atoms with van der Waals surface area (Å²) < 4.78 is 23.2. The van der Waals surface area contributed by atoms with E-state index in [1.807, 2.05) is 0 Å². The second-order valence-electron chi connectivity index (χ2n) is 7.25. The van der Waals surface area contributed by atoms with Crippen molar-refractivity contribution in [3.8, 4) is 0 Å². The van der Waals surface area contributed by atoms with E-state index < -0.39 is 21.3 Å². The summed E-state index contributed by atoms with van der Waals surface area (Å²) in [7, 11) is -3.14. The fraction of sp³-hybridized carbons (Fsp3) is 0.611. The monoisotopic (exact) mass is 399 g/mol. The highest BCUT2D eigenvalue weighted by molar-refractivity contribution is 7.91. The van der Waals surface area contributed by atoms with Crippen molar-refractivity contribution in [2.24, 2.45) is 0 Å². The van der Waals surface area contributed by atoms with Crippen LogP contribution < -0.4 is 10.2 Å². The normalized spacial score (nSPS) is 26.0. The molecule has 2 fully saturated rings. The van der Waals surface area contributed by atoms with Crippen LogP contribution in [0.4, 0.5) is 5.69 Å². The Morgan fingerprint density at radius 3 is 2.50 bits per heavy atom. The zero-order valence-electron chi connectivity index (χ0n) is 15.2. The van der Waals surface area contributed by atoms with Gasteiger partial charge in [-0.1, -0.05) is 12.1 Å². The number of halogens is 1. The minimum atomic E-state index is -3.14. The number of piperazine rings is 1. The average molecular weight is 400 g/mol. The summed E-state index contributed by atoms with van der Waals surface area (Å²) in [6.45, 7) is 7.87. The van der Waals surface area contributed by atoms with Crippen molar-refractivity contribution >= 4 is 33.0 Å². The lowest BCUT2D eigenvalue weighted by molar-refractivity contribution is -0.122. The van der Waals surface area contributed by atoms with Gasteiger partial charge in [0.1, 0.15) is 0 Å². The van der Waals surface area contributed by atoms with E-state index in [-0.39, 0.29) is 24.0 Å². The Kier molecular flexibility index (Phi) is 5.79. The number of alkyl halides is 1. The number of anilines is 1. The first-order chi connectivity index (χ1) is 12.2. The molecular formula is C18H26ClN3O3S. The zero-order chi connectivity index (χ0) is 18.9. The molecule has 0 saturated carbocycles. The van der Waals surface area contributed by atoms with Crippen molar-refractivity contribution in [3.63, 3.8) is 0 Å². The van der Waals surface area contributed by atoms with Crippen LogP contribution >= 0.6 is 11.6 Å². The topological polar surface area (TPSA) is 69.7 Å². The maximum absolute atomic E-state index is 12.3. The van der Waals surface area contributed by atoms with Crippen molar-refractivity contribution < 1.29 is 13.2 Å². The van der Waals surface area contributed by atoms with Crippen molar-refractivity contribution in [2.45, 2.75) is 25.3 Å². The number of nitrogens with zero attached hydrogens (tertiary/aromatic N) is 2. The molecule has 8 heteroatoms. The standard InChI is InChI=1S/C18H26ClN3O3S/c1-13-4-3-5-17(14(13)2)22-8-6-21(7-9-22)10-18(23)20-16-12-26(24,25)11-15(16)19/h3-5,15-16H,6-12H2,1-2H3,(H,20,23)/t15-,16-/m1/s1. The molecule has 1 amide bonds. The minimum Gasteiger partial charge on any atom is -0.369 e. The van der Waals surface area contributed by atoms with Crippen molar-refractivity contribution in [3.05, 3.63) is 29.3 Å². The lowest BCUT2D eigenvalue weighted by Gasteiger charge is -2.36. The number of rotatable bonds is 4. The van der Waals surface area contributed by atoms with E-state index in [2.05, 4.69) is 47.2 Å². The molecular weight excluding hydrogens is 374 g/mol. The van der Waals surface area contributed by atoms with Gasteiger partial charge >= 0.3 is 0 Å². The van der Waals surface area contributed by atoms with Crippen LogP contribution in [0.25, 0.3) is 0 Å². The smallest absolute Gasteiger partial charge is 0.234 e. The number of carbonyl (C=O) groups excluding carboxylic acids is 1. The first-order valence-electron chi connectivity index (χ1n) is 8.92. The highest BCUT2D eigenvalue weighted by atomic mass is 35.5. The molecule has 0 aliphatic carbocycles. The Morgan fingerprint density at radius 2 is 1.88 bits per heavy atom. The van der Waals surface area contributed by atoms with Crippen molar-refractivity contribution in [1.82, 2.24) is 10.2 Å². The minimum absolute atomic E-state index is 0.0615. The van der Waals surface area contributed by atoms with Gasteiger partial charge in [-0.2, -0.15) is 0 Å². The van der Waals surface area contributed by atoms with Crippen LogP contribution in [0.2, 0.25) is 0 Å². The van der Waals surface area contributed by atoms with Crippen LogP contribution in [-0.4, -0.2) is 74.9 Å². The van der Waals surface area contributed by atoms with Gasteiger partial charge in [0.2, 0.25) is 5.91 Å². The Hall–Kier alpha value is -1.31.